The zero-order chi connectivity index (χ0) is 16.7. The first kappa shape index (κ1) is 18.0. The molecule has 0 aromatic heterocycles. The lowest BCUT2D eigenvalue weighted by atomic mass is 9.79. The summed E-state index contributed by atoms with van der Waals surface area (Å²) in [5.74, 6) is -0.0948. The van der Waals surface area contributed by atoms with Crippen LogP contribution in [-0.2, 0) is 10.4 Å². The lowest BCUT2D eigenvalue weighted by Gasteiger charge is -2.36. The van der Waals surface area contributed by atoms with E-state index in [1.807, 2.05) is 37.4 Å². The van der Waals surface area contributed by atoms with Gasteiger partial charge in [-0.05, 0) is 24.8 Å². The zero-order valence-electron chi connectivity index (χ0n) is 14.6. The Kier molecular flexibility index (Phi) is 6.64. The number of rotatable bonds is 8. The summed E-state index contributed by atoms with van der Waals surface area (Å²) in [6, 6.07) is 9.52. The first-order valence-electron chi connectivity index (χ1n) is 9.14. The van der Waals surface area contributed by atoms with Crippen LogP contribution in [0.25, 0.3) is 0 Å². The summed E-state index contributed by atoms with van der Waals surface area (Å²) >= 11 is 0. The molecule has 0 heterocycles. The average molecular weight is 317 g/mol. The molecule has 0 aliphatic heterocycles. The predicted octanol–water partition coefficient (Wildman–Crippen LogP) is 4.10. The molecule has 1 atom stereocenters. The largest absolute Gasteiger partial charge is 0.375 e. The van der Waals surface area contributed by atoms with Crippen LogP contribution in [0.15, 0.2) is 30.3 Å². The van der Waals surface area contributed by atoms with Crippen molar-refractivity contribution < 1.29 is 9.90 Å². The first-order chi connectivity index (χ1) is 11.1. The van der Waals surface area contributed by atoms with E-state index in [1.165, 1.54) is 12.8 Å². The standard InChI is InChI=1S/C20H31NO2/c1-3-4-5-11-16-21(2)19(22)20(23,18-14-9-10-15-18)17-12-7-6-8-13-17/h6-8,12-13,18,23H,3-5,9-11,14-16H2,1-2H3. The molecule has 1 unspecified atom stereocenters. The van der Waals surface area contributed by atoms with Gasteiger partial charge in [-0.2, -0.15) is 0 Å². The van der Waals surface area contributed by atoms with Crippen LogP contribution in [0, 0.1) is 5.92 Å². The van der Waals surface area contributed by atoms with Crippen molar-refractivity contribution in [1.29, 1.82) is 0 Å². The van der Waals surface area contributed by atoms with Crippen LogP contribution >= 0.6 is 0 Å². The molecule has 0 saturated heterocycles. The number of carbonyl (C=O) groups is 1. The van der Waals surface area contributed by atoms with Crippen molar-refractivity contribution in [3.05, 3.63) is 35.9 Å². The van der Waals surface area contributed by atoms with Gasteiger partial charge in [0.05, 0.1) is 0 Å². The monoisotopic (exact) mass is 317 g/mol. The number of hydrogen-bond acceptors (Lipinski definition) is 2. The highest BCUT2D eigenvalue weighted by Crippen LogP contribution is 2.41. The van der Waals surface area contributed by atoms with Gasteiger partial charge in [-0.1, -0.05) is 69.4 Å². The van der Waals surface area contributed by atoms with Crippen LogP contribution in [0.2, 0.25) is 0 Å². The maximum absolute atomic E-state index is 13.1. The third-order valence-electron chi connectivity index (χ3n) is 5.18. The summed E-state index contributed by atoms with van der Waals surface area (Å²) in [6.45, 7) is 2.91. The van der Waals surface area contributed by atoms with Gasteiger partial charge in [-0.25, -0.2) is 0 Å². The number of nitrogens with zero attached hydrogens (tertiary/aromatic N) is 1. The number of benzene rings is 1. The highest BCUT2D eigenvalue weighted by molar-refractivity contribution is 5.86. The van der Waals surface area contributed by atoms with E-state index in [0.717, 1.165) is 50.6 Å². The molecule has 1 aliphatic carbocycles. The van der Waals surface area contributed by atoms with Crippen LogP contribution in [-0.4, -0.2) is 29.5 Å². The number of aliphatic hydroxyl groups is 1. The Bertz CT molecular complexity index is 482. The summed E-state index contributed by atoms with van der Waals surface area (Å²) < 4.78 is 0. The molecule has 0 spiro atoms. The molecule has 1 saturated carbocycles. The van der Waals surface area contributed by atoms with Crippen LogP contribution < -0.4 is 0 Å². The molecule has 3 nitrogen and oxygen atoms in total. The number of carbonyl (C=O) groups excluding carboxylic acids is 1. The van der Waals surface area contributed by atoms with Crippen LogP contribution in [0.5, 0.6) is 0 Å². The minimum Gasteiger partial charge on any atom is -0.375 e. The zero-order valence-corrected chi connectivity index (χ0v) is 14.6. The van der Waals surface area contributed by atoms with E-state index in [9.17, 15) is 9.90 Å². The molecular formula is C20H31NO2. The van der Waals surface area contributed by atoms with E-state index in [4.69, 9.17) is 0 Å². The first-order valence-corrected chi connectivity index (χ1v) is 9.14. The SMILES string of the molecule is CCCCCCN(C)C(=O)C(O)(c1ccccc1)C1CCCC1. The molecule has 1 aromatic rings. The minimum atomic E-state index is -1.36. The third kappa shape index (κ3) is 4.14. The fourth-order valence-corrected chi connectivity index (χ4v) is 3.74. The normalized spacial score (nSPS) is 17.9. The maximum Gasteiger partial charge on any atom is 0.259 e. The molecule has 128 valence electrons. The molecular weight excluding hydrogens is 286 g/mol. The molecule has 3 heteroatoms. The lowest BCUT2D eigenvalue weighted by Crippen LogP contribution is -2.49. The van der Waals surface area contributed by atoms with E-state index >= 15 is 0 Å². The predicted molar refractivity (Wildman–Crippen MR) is 94.1 cm³/mol. The van der Waals surface area contributed by atoms with Gasteiger partial charge in [-0.3, -0.25) is 4.79 Å². The van der Waals surface area contributed by atoms with Crippen LogP contribution in [0.4, 0.5) is 0 Å². The molecule has 1 aromatic carbocycles. The topological polar surface area (TPSA) is 40.5 Å². The quantitative estimate of drug-likeness (QED) is 0.733. The Hall–Kier alpha value is -1.35. The smallest absolute Gasteiger partial charge is 0.259 e. The molecule has 0 radical (unpaired) electrons. The summed E-state index contributed by atoms with van der Waals surface area (Å²) in [4.78, 5) is 14.8. The van der Waals surface area contributed by atoms with E-state index in [0.29, 0.717) is 0 Å². The Labute approximate surface area is 140 Å². The van der Waals surface area contributed by atoms with E-state index in [-0.39, 0.29) is 11.8 Å². The molecule has 1 fully saturated rings. The summed E-state index contributed by atoms with van der Waals surface area (Å²) in [7, 11) is 1.83. The number of hydrogen-bond donors (Lipinski definition) is 1. The Balaban J connectivity index is 2.15. The van der Waals surface area contributed by atoms with Crippen molar-refractivity contribution in [1.82, 2.24) is 4.90 Å². The maximum atomic E-state index is 13.1. The Morgan fingerprint density at radius 2 is 1.83 bits per heavy atom. The third-order valence-corrected chi connectivity index (χ3v) is 5.18. The van der Waals surface area contributed by atoms with Crippen molar-refractivity contribution in [3.63, 3.8) is 0 Å². The van der Waals surface area contributed by atoms with E-state index < -0.39 is 5.60 Å². The van der Waals surface area contributed by atoms with Gasteiger partial charge in [0.25, 0.3) is 5.91 Å². The van der Waals surface area contributed by atoms with Gasteiger partial charge >= 0.3 is 0 Å². The molecule has 0 bridgehead atoms. The van der Waals surface area contributed by atoms with Crippen molar-refractivity contribution in [2.75, 3.05) is 13.6 Å². The highest BCUT2D eigenvalue weighted by atomic mass is 16.3. The van der Waals surface area contributed by atoms with Crippen molar-refractivity contribution >= 4 is 5.91 Å². The van der Waals surface area contributed by atoms with Crippen LogP contribution in [0.1, 0.15) is 63.9 Å². The van der Waals surface area contributed by atoms with Crippen molar-refractivity contribution in [3.8, 4) is 0 Å². The van der Waals surface area contributed by atoms with Gasteiger partial charge in [0.15, 0.2) is 5.60 Å². The lowest BCUT2D eigenvalue weighted by molar-refractivity contribution is -0.158. The molecule has 1 amide bonds. The Morgan fingerprint density at radius 1 is 1.17 bits per heavy atom. The Morgan fingerprint density at radius 3 is 2.43 bits per heavy atom. The van der Waals surface area contributed by atoms with E-state index in [2.05, 4.69) is 6.92 Å². The number of unbranched alkanes of at least 4 members (excludes halogenated alkanes) is 3. The summed E-state index contributed by atoms with van der Waals surface area (Å²) in [5, 5.41) is 11.4. The fourth-order valence-electron chi connectivity index (χ4n) is 3.74. The fraction of sp³-hybridized carbons (Fsp3) is 0.650. The molecule has 2 rings (SSSR count). The van der Waals surface area contributed by atoms with Gasteiger partial charge in [0, 0.05) is 19.5 Å². The highest BCUT2D eigenvalue weighted by Gasteiger charge is 2.47. The van der Waals surface area contributed by atoms with E-state index in [1.54, 1.807) is 4.90 Å². The van der Waals surface area contributed by atoms with Gasteiger partial charge in [-0.15, -0.1) is 0 Å². The summed E-state index contributed by atoms with van der Waals surface area (Å²) in [5.41, 5.74) is -0.616. The number of amides is 1. The number of likely N-dealkylation sites (N-methyl/N-ethyl adjacent to an activating group) is 1. The van der Waals surface area contributed by atoms with Gasteiger partial charge < -0.3 is 10.0 Å². The second-order valence-electron chi connectivity index (χ2n) is 6.90. The second kappa shape index (κ2) is 8.49. The average Bonchev–Trinajstić information content (AvgIpc) is 3.13. The molecule has 1 aliphatic rings. The van der Waals surface area contributed by atoms with Crippen molar-refractivity contribution in [2.45, 2.75) is 63.9 Å². The minimum absolute atomic E-state index is 0.0375. The van der Waals surface area contributed by atoms with Crippen molar-refractivity contribution in [2.24, 2.45) is 5.92 Å². The van der Waals surface area contributed by atoms with Crippen LogP contribution in [0.3, 0.4) is 0 Å². The second-order valence-corrected chi connectivity index (χ2v) is 6.90. The van der Waals surface area contributed by atoms with Gasteiger partial charge in [0.2, 0.25) is 0 Å². The van der Waals surface area contributed by atoms with Gasteiger partial charge in [0.1, 0.15) is 0 Å². The molecule has 23 heavy (non-hydrogen) atoms. The molecule has 1 N–H and O–H groups in total. The summed E-state index contributed by atoms with van der Waals surface area (Å²) in [6.07, 6.45) is 8.61.